The van der Waals surface area contributed by atoms with E-state index in [1.165, 1.54) is 0 Å². The number of amides is 1. The molecule has 1 aromatic carbocycles. The van der Waals surface area contributed by atoms with Crippen LogP contribution in [0.25, 0.3) is 10.8 Å². The number of hydrogen-bond donors (Lipinski definition) is 1. The van der Waals surface area contributed by atoms with Gasteiger partial charge < -0.3 is 10.2 Å². The van der Waals surface area contributed by atoms with Crippen molar-refractivity contribution < 1.29 is 4.79 Å². The molecule has 0 fully saturated rings. The van der Waals surface area contributed by atoms with E-state index in [9.17, 15) is 4.79 Å². The highest BCUT2D eigenvalue weighted by Gasteiger charge is 2.11. The number of carbonyl (C=O) groups is 1. The smallest absolute Gasteiger partial charge is 0.270 e. The van der Waals surface area contributed by atoms with Gasteiger partial charge in [0.1, 0.15) is 10.8 Å². The summed E-state index contributed by atoms with van der Waals surface area (Å²) in [5, 5.41) is 5.01. The molecule has 0 unspecified atom stereocenters. The second-order valence-corrected chi connectivity index (χ2v) is 5.71. The summed E-state index contributed by atoms with van der Waals surface area (Å²) in [6.45, 7) is 5.61. The number of benzene rings is 1. The maximum Gasteiger partial charge on any atom is 0.270 e. The quantitative estimate of drug-likeness (QED) is 0.864. The van der Waals surface area contributed by atoms with Crippen LogP contribution in [0.4, 0.5) is 0 Å². The van der Waals surface area contributed by atoms with Crippen molar-refractivity contribution in [1.29, 1.82) is 0 Å². The van der Waals surface area contributed by atoms with E-state index in [1.54, 1.807) is 6.07 Å². The topological polar surface area (TPSA) is 45.2 Å². The average molecular weight is 306 g/mol. The van der Waals surface area contributed by atoms with Gasteiger partial charge in [0.15, 0.2) is 0 Å². The van der Waals surface area contributed by atoms with Gasteiger partial charge in [0.25, 0.3) is 5.91 Å². The van der Waals surface area contributed by atoms with E-state index in [1.807, 2.05) is 31.3 Å². The number of hydrogen-bond acceptors (Lipinski definition) is 3. The molecular weight excluding hydrogens is 286 g/mol. The number of carbonyl (C=O) groups excluding carboxylic acids is 1. The van der Waals surface area contributed by atoms with Gasteiger partial charge in [-0.25, -0.2) is 4.98 Å². The van der Waals surface area contributed by atoms with Crippen LogP contribution < -0.4 is 5.32 Å². The highest BCUT2D eigenvalue weighted by Crippen LogP contribution is 2.22. The van der Waals surface area contributed by atoms with Gasteiger partial charge in [-0.1, -0.05) is 35.9 Å². The normalized spacial score (nSPS) is 11.3. The van der Waals surface area contributed by atoms with Gasteiger partial charge in [-0.15, -0.1) is 0 Å². The van der Waals surface area contributed by atoms with Crippen molar-refractivity contribution in [1.82, 2.24) is 15.2 Å². The zero-order valence-electron chi connectivity index (χ0n) is 12.6. The molecule has 0 aliphatic rings. The molecule has 0 aliphatic carbocycles. The molecule has 21 heavy (non-hydrogen) atoms. The number of fused-ring (bicyclic) bond motifs is 1. The summed E-state index contributed by atoms with van der Waals surface area (Å²) in [6.07, 6.45) is 0. The summed E-state index contributed by atoms with van der Waals surface area (Å²) in [5.74, 6) is -0.195. The minimum Gasteiger partial charge on any atom is -0.349 e. The van der Waals surface area contributed by atoms with Crippen molar-refractivity contribution in [2.75, 3.05) is 20.1 Å². The van der Waals surface area contributed by atoms with Crippen LogP contribution in [0.3, 0.4) is 0 Å². The van der Waals surface area contributed by atoms with Crippen molar-refractivity contribution in [3.8, 4) is 0 Å². The third kappa shape index (κ3) is 3.93. The Hall–Kier alpha value is -1.65. The van der Waals surface area contributed by atoms with Gasteiger partial charge in [0.2, 0.25) is 0 Å². The number of nitrogens with zero attached hydrogens (tertiary/aromatic N) is 2. The lowest BCUT2D eigenvalue weighted by molar-refractivity contribution is 0.0943. The lowest BCUT2D eigenvalue weighted by Crippen LogP contribution is -2.36. The lowest BCUT2D eigenvalue weighted by atomic mass is 10.1. The van der Waals surface area contributed by atoms with E-state index in [2.05, 4.69) is 29.0 Å². The summed E-state index contributed by atoms with van der Waals surface area (Å²) in [7, 11) is 2.03. The first-order valence-corrected chi connectivity index (χ1v) is 7.40. The molecular formula is C16H20ClN3O. The van der Waals surface area contributed by atoms with Crippen LogP contribution in [0, 0.1) is 0 Å². The van der Waals surface area contributed by atoms with Crippen LogP contribution in [0.1, 0.15) is 24.3 Å². The maximum absolute atomic E-state index is 12.1. The highest BCUT2D eigenvalue weighted by atomic mass is 35.5. The van der Waals surface area contributed by atoms with Crippen molar-refractivity contribution in [3.63, 3.8) is 0 Å². The Morgan fingerprint density at radius 3 is 2.81 bits per heavy atom. The highest BCUT2D eigenvalue weighted by molar-refractivity contribution is 6.34. The molecule has 1 aromatic heterocycles. The SMILES string of the molecule is CC(C)N(C)CCNC(=O)c1cc2ccccc2c(Cl)n1. The van der Waals surface area contributed by atoms with E-state index < -0.39 is 0 Å². The second-order valence-electron chi connectivity index (χ2n) is 5.35. The molecule has 2 aromatic rings. The maximum atomic E-state index is 12.1. The standard InChI is InChI=1S/C16H20ClN3O/c1-11(2)20(3)9-8-18-16(21)14-10-12-6-4-5-7-13(12)15(17)19-14/h4-7,10-11H,8-9H2,1-3H3,(H,18,21). The van der Waals surface area contributed by atoms with Gasteiger partial charge in [-0.2, -0.15) is 0 Å². The summed E-state index contributed by atoms with van der Waals surface area (Å²) in [4.78, 5) is 18.5. The summed E-state index contributed by atoms with van der Waals surface area (Å²) < 4.78 is 0. The van der Waals surface area contributed by atoms with Gasteiger partial charge in [0.05, 0.1) is 0 Å². The van der Waals surface area contributed by atoms with Gasteiger partial charge in [-0.3, -0.25) is 4.79 Å². The molecule has 0 aliphatic heterocycles. The molecule has 2 rings (SSSR count). The minimum atomic E-state index is -0.195. The van der Waals surface area contributed by atoms with Crippen LogP contribution in [-0.4, -0.2) is 42.0 Å². The minimum absolute atomic E-state index is 0.195. The fourth-order valence-electron chi connectivity index (χ4n) is 1.97. The van der Waals surface area contributed by atoms with E-state index in [0.29, 0.717) is 23.4 Å². The molecule has 0 saturated heterocycles. The van der Waals surface area contributed by atoms with E-state index in [-0.39, 0.29) is 5.91 Å². The van der Waals surface area contributed by atoms with Crippen LogP contribution in [0.15, 0.2) is 30.3 Å². The molecule has 112 valence electrons. The fourth-order valence-corrected chi connectivity index (χ4v) is 2.23. The first-order valence-electron chi connectivity index (χ1n) is 7.02. The number of likely N-dealkylation sites (N-methyl/N-ethyl adjacent to an activating group) is 1. The Morgan fingerprint density at radius 1 is 1.38 bits per heavy atom. The molecule has 4 nitrogen and oxygen atoms in total. The van der Waals surface area contributed by atoms with Crippen molar-refractivity contribution in [3.05, 3.63) is 41.2 Å². The van der Waals surface area contributed by atoms with E-state index >= 15 is 0 Å². The van der Waals surface area contributed by atoms with Gasteiger partial charge >= 0.3 is 0 Å². The molecule has 1 N–H and O–H groups in total. The number of aromatic nitrogens is 1. The Morgan fingerprint density at radius 2 is 2.10 bits per heavy atom. The fraction of sp³-hybridized carbons (Fsp3) is 0.375. The number of halogens is 1. The van der Waals surface area contributed by atoms with Crippen LogP contribution in [0.2, 0.25) is 5.15 Å². The predicted molar refractivity (Wildman–Crippen MR) is 86.9 cm³/mol. The first-order chi connectivity index (χ1) is 9.99. The first kappa shape index (κ1) is 15.7. The molecule has 1 amide bonds. The zero-order chi connectivity index (χ0) is 15.4. The Labute approximate surface area is 130 Å². The van der Waals surface area contributed by atoms with Crippen molar-refractivity contribution >= 4 is 28.3 Å². The monoisotopic (exact) mass is 305 g/mol. The number of pyridine rings is 1. The third-order valence-electron chi connectivity index (χ3n) is 3.56. The zero-order valence-corrected chi connectivity index (χ0v) is 13.3. The van der Waals surface area contributed by atoms with Gasteiger partial charge in [0, 0.05) is 24.5 Å². The molecule has 0 bridgehead atoms. The second kappa shape index (κ2) is 6.87. The molecule has 1 heterocycles. The average Bonchev–Trinajstić information content (AvgIpc) is 2.46. The number of nitrogens with one attached hydrogen (secondary N) is 1. The summed E-state index contributed by atoms with van der Waals surface area (Å²) >= 11 is 6.13. The molecule has 0 spiro atoms. The predicted octanol–water partition coefficient (Wildman–Crippen LogP) is 2.96. The summed E-state index contributed by atoms with van der Waals surface area (Å²) in [5.41, 5.74) is 0.353. The van der Waals surface area contributed by atoms with Crippen LogP contribution in [0.5, 0.6) is 0 Å². The Bertz CT molecular complexity index is 642. The molecule has 5 heteroatoms. The Kier molecular flexibility index (Phi) is 5.15. The van der Waals surface area contributed by atoms with E-state index in [0.717, 1.165) is 17.3 Å². The summed E-state index contributed by atoms with van der Waals surface area (Å²) in [6, 6.07) is 9.85. The van der Waals surface area contributed by atoms with E-state index in [4.69, 9.17) is 11.6 Å². The molecule has 0 saturated carbocycles. The van der Waals surface area contributed by atoms with Crippen LogP contribution >= 0.6 is 11.6 Å². The molecule has 0 atom stereocenters. The van der Waals surface area contributed by atoms with Crippen molar-refractivity contribution in [2.24, 2.45) is 0 Å². The van der Waals surface area contributed by atoms with Crippen molar-refractivity contribution in [2.45, 2.75) is 19.9 Å². The van der Waals surface area contributed by atoms with Crippen LogP contribution in [-0.2, 0) is 0 Å². The van der Waals surface area contributed by atoms with Gasteiger partial charge in [-0.05, 0) is 32.3 Å². The lowest BCUT2D eigenvalue weighted by Gasteiger charge is -2.20. The third-order valence-corrected chi connectivity index (χ3v) is 3.85. The largest absolute Gasteiger partial charge is 0.349 e. The number of rotatable bonds is 5. The Balaban J connectivity index is 2.06. The molecule has 0 radical (unpaired) electrons.